The van der Waals surface area contributed by atoms with Gasteiger partial charge in [0.1, 0.15) is 6.33 Å². The SMILES string of the molecule is CCn1cnnc1-c1cccc(NC(=O)CNC)c1. The van der Waals surface area contributed by atoms with Gasteiger partial charge >= 0.3 is 0 Å². The van der Waals surface area contributed by atoms with Crippen molar-refractivity contribution in [2.24, 2.45) is 0 Å². The topological polar surface area (TPSA) is 71.8 Å². The zero-order valence-electron chi connectivity index (χ0n) is 11.1. The summed E-state index contributed by atoms with van der Waals surface area (Å²) in [5, 5.41) is 13.6. The molecule has 0 atom stereocenters. The van der Waals surface area contributed by atoms with E-state index in [1.165, 1.54) is 0 Å². The summed E-state index contributed by atoms with van der Waals surface area (Å²) in [6.45, 7) is 3.12. The van der Waals surface area contributed by atoms with E-state index >= 15 is 0 Å². The summed E-state index contributed by atoms with van der Waals surface area (Å²) in [4.78, 5) is 11.5. The van der Waals surface area contributed by atoms with Crippen LogP contribution in [0.15, 0.2) is 30.6 Å². The molecule has 0 fully saturated rings. The van der Waals surface area contributed by atoms with Crippen molar-refractivity contribution in [2.75, 3.05) is 18.9 Å². The molecule has 1 heterocycles. The maximum Gasteiger partial charge on any atom is 0.238 e. The molecule has 100 valence electrons. The number of nitrogens with zero attached hydrogens (tertiary/aromatic N) is 3. The van der Waals surface area contributed by atoms with Crippen molar-refractivity contribution in [1.82, 2.24) is 20.1 Å². The molecule has 0 bridgehead atoms. The van der Waals surface area contributed by atoms with E-state index in [0.717, 1.165) is 23.6 Å². The average molecular weight is 259 g/mol. The molecule has 0 aliphatic rings. The first-order valence-corrected chi connectivity index (χ1v) is 6.17. The molecule has 1 aromatic carbocycles. The molecular weight excluding hydrogens is 242 g/mol. The Bertz CT molecular complexity index is 564. The van der Waals surface area contributed by atoms with Gasteiger partial charge in [0.25, 0.3) is 0 Å². The molecule has 0 saturated heterocycles. The van der Waals surface area contributed by atoms with Gasteiger partial charge in [-0.3, -0.25) is 4.79 Å². The highest BCUT2D eigenvalue weighted by Gasteiger charge is 2.07. The summed E-state index contributed by atoms with van der Waals surface area (Å²) < 4.78 is 1.95. The molecule has 0 spiro atoms. The van der Waals surface area contributed by atoms with E-state index in [2.05, 4.69) is 20.8 Å². The molecule has 0 saturated carbocycles. The summed E-state index contributed by atoms with van der Waals surface area (Å²) in [6, 6.07) is 7.58. The van der Waals surface area contributed by atoms with Gasteiger partial charge in [-0.25, -0.2) is 0 Å². The predicted octanol–water partition coefficient (Wildman–Crippen LogP) is 1.12. The number of benzene rings is 1. The fraction of sp³-hybridized carbons (Fsp3) is 0.308. The van der Waals surface area contributed by atoms with E-state index in [1.54, 1.807) is 13.4 Å². The Labute approximate surface area is 111 Å². The number of likely N-dealkylation sites (N-methyl/N-ethyl adjacent to an activating group) is 1. The second kappa shape index (κ2) is 6.10. The lowest BCUT2D eigenvalue weighted by molar-refractivity contribution is -0.115. The van der Waals surface area contributed by atoms with Crippen LogP contribution < -0.4 is 10.6 Å². The number of nitrogens with one attached hydrogen (secondary N) is 2. The standard InChI is InChI=1S/C13H17N5O/c1-3-18-9-15-17-13(18)10-5-4-6-11(7-10)16-12(19)8-14-2/h4-7,9,14H,3,8H2,1-2H3,(H,16,19). The van der Waals surface area contributed by atoms with E-state index in [-0.39, 0.29) is 12.5 Å². The van der Waals surface area contributed by atoms with E-state index in [4.69, 9.17) is 0 Å². The Balaban J connectivity index is 2.22. The van der Waals surface area contributed by atoms with Crippen molar-refractivity contribution in [3.8, 4) is 11.4 Å². The quantitative estimate of drug-likeness (QED) is 0.844. The number of hydrogen-bond donors (Lipinski definition) is 2. The second-order valence-corrected chi connectivity index (χ2v) is 4.10. The van der Waals surface area contributed by atoms with E-state index in [1.807, 2.05) is 35.8 Å². The van der Waals surface area contributed by atoms with Gasteiger partial charge in [-0.2, -0.15) is 0 Å². The number of carbonyl (C=O) groups is 1. The summed E-state index contributed by atoms with van der Waals surface area (Å²) in [5.74, 6) is 0.726. The minimum atomic E-state index is -0.0726. The number of carbonyl (C=O) groups excluding carboxylic acids is 1. The fourth-order valence-electron chi connectivity index (χ4n) is 1.81. The molecule has 2 rings (SSSR count). The van der Waals surface area contributed by atoms with Crippen molar-refractivity contribution < 1.29 is 4.79 Å². The van der Waals surface area contributed by atoms with Crippen molar-refractivity contribution in [2.45, 2.75) is 13.5 Å². The molecule has 2 aromatic rings. The van der Waals surface area contributed by atoms with E-state index in [0.29, 0.717) is 0 Å². The lowest BCUT2D eigenvalue weighted by Gasteiger charge is -2.07. The van der Waals surface area contributed by atoms with Gasteiger partial charge in [0.15, 0.2) is 5.82 Å². The van der Waals surface area contributed by atoms with Gasteiger partial charge in [-0.15, -0.1) is 10.2 Å². The molecule has 0 aliphatic heterocycles. The Morgan fingerprint density at radius 2 is 2.26 bits per heavy atom. The molecule has 0 unspecified atom stereocenters. The van der Waals surface area contributed by atoms with Crippen molar-refractivity contribution in [3.05, 3.63) is 30.6 Å². The first-order chi connectivity index (χ1) is 9.24. The van der Waals surface area contributed by atoms with Crippen molar-refractivity contribution in [1.29, 1.82) is 0 Å². The lowest BCUT2D eigenvalue weighted by Crippen LogP contribution is -2.25. The molecule has 6 nitrogen and oxygen atoms in total. The summed E-state index contributed by atoms with van der Waals surface area (Å²) in [7, 11) is 1.74. The molecule has 0 aliphatic carbocycles. The Kier molecular flexibility index (Phi) is 4.25. The smallest absolute Gasteiger partial charge is 0.238 e. The second-order valence-electron chi connectivity index (χ2n) is 4.10. The van der Waals surface area contributed by atoms with Gasteiger partial charge < -0.3 is 15.2 Å². The normalized spacial score (nSPS) is 10.4. The van der Waals surface area contributed by atoms with Crippen LogP contribution in [0.25, 0.3) is 11.4 Å². The van der Waals surface area contributed by atoms with Crippen LogP contribution in [-0.4, -0.2) is 34.3 Å². The molecule has 6 heteroatoms. The highest BCUT2D eigenvalue weighted by atomic mass is 16.1. The Morgan fingerprint density at radius 1 is 1.42 bits per heavy atom. The molecule has 1 amide bonds. The van der Waals surface area contributed by atoms with E-state index in [9.17, 15) is 4.79 Å². The van der Waals surface area contributed by atoms with Gasteiger partial charge in [0, 0.05) is 17.8 Å². The monoisotopic (exact) mass is 259 g/mol. The third kappa shape index (κ3) is 3.17. The van der Waals surface area contributed by atoms with Crippen LogP contribution in [0.2, 0.25) is 0 Å². The molecular formula is C13H17N5O. The predicted molar refractivity (Wildman–Crippen MR) is 73.7 cm³/mol. The van der Waals surface area contributed by atoms with Gasteiger partial charge in [-0.05, 0) is 26.1 Å². The van der Waals surface area contributed by atoms with Crippen LogP contribution >= 0.6 is 0 Å². The van der Waals surface area contributed by atoms with Crippen molar-refractivity contribution in [3.63, 3.8) is 0 Å². The molecule has 1 aromatic heterocycles. The number of amides is 1. The Morgan fingerprint density at radius 3 is 3.00 bits per heavy atom. The van der Waals surface area contributed by atoms with Crippen molar-refractivity contribution >= 4 is 11.6 Å². The lowest BCUT2D eigenvalue weighted by atomic mass is 10.2. The van der Waals surface area contributed by atoms with Crippen LogP contribution in [0.3, 0.4) is 0 Å². The minimum absolute atomic E-state index is 0.0726. The van der Waals surface area contributed by atoms with Gasteiger partial charge in [0.05, 0.1) is 6.54 Å². The zero-order valence-corrected chi connectivity index (χ0v) is 11.1. The number of aromatic nitrogens is 3. The molecule has 0 radical (unpaired) electrons. The largest absolute Gasteiger partial charge is 0.325 e. The first-order valence-electron chi connectivity index (χ1n) is 6.17. The third-order valence-corrected chi connectivity index (χ3v) is 2.70. The van der Waals surface area contributed by atoms with Crippen LogP contribution in [0.4, 0.5) is 5.69 Å². The van der Waals surface area contributed by atoms with Gasteiger partial charge in [0.2, 0.25) is 5.91 Å². The van der Waals surface area contributed by atoms with E-state index < -0.39 is 0 Å². The highest BCUT2D eigenvalue weighted by Crippen LogP contribution is 2.20. The number of rotatable bonds is 5. The van der Waals surface area contributed by atoms with Crippen LogP contribution in [0.5, 0.6) is 0 Å². The fourth-order valence-corrected chi connectivity index (χ4v) is 1.81. The van der Waals surface area contributed by atoms with Gasteiger partial charge in [-0.1, -0.05) is 12.1 Å². The Hall–Kier alpha value is -2.21. The summed E-state index contributed by atoms with van der Waals surface area (Å²) in [5.41, 5.74) is 1.69. The number of aryl methyl sites for hydroxylation is 1. The molecule has 19 heavy (non-hydrogen) atoms. The average Bonchev–Trinajstić information content (AvgIpc) is 2.87. The summed E-state index contributed by atoms with van der Waals surface area (Å²) in [6.07, 6.45) is 1.70. The number of hydrogen-bond acceptors (Lipinski definition) is 4. The maximum atomic E-state index is 11.5. The highest BCUT2D eigenvalue weighted by molar-refractivity contribution is 5.92. The van der Waals surface area contributed by atoms with Crippen LogP contribution in [0, 0.1) is 0 Å². The summed E-state index contributed by atoms with van der Waals surface area (Å²) >= 11 is 0. The van der Waals surface area contributed by atoms with Crippen LogP contribution in [0.1, 0.15) is 6.92 Å². The minimum Gasteiger partial charge on any atom is -0.325 e. The zero-order chi connectivity index (χ0) is 13.7. The first kappa shape index (κ1) is 13.2. The third-order valence-electron chi connectivity index (χ3n) is 2.70. The number of anilines is 1. The maximum absolute atomic E-state index is 11.5. The molecule has 2 N–H and O–H groups in total. The van der Waals surface area contributed by atoms with Crippen LogP contribution in [-0.2, 0) is 11.3 Å².